The van der Waals surface area contributed by atoms with Crippen LogP contribution in [-0.2, 0) is 11.2 Å². The van der Waals surface area contributed by atoms with Gasteiger partial charge in [-0.1, -0.05) is 25.9 Å². The summed E-state index contributed by atoms with van der Waals surface area (Å²) in [5.74, 6) is 1.66. The van der Waals surface area contributed by atoms with Crippen LogP contribution in [0.1, 0.15) is 37.8 Å². The molecule has 1 unspecified atom stereocenters. The lowest BCUT2D eigenvalue weighted by Crippen LogP contribution is -2.45. The molecule has 134 valence electrons. The maximum Gasteiger partial charge on any atom is 0.191 e. The lowest BCUT2D eigenvalue weighted by atomic mass is 9.89. The minimum absolute atomic E-state index is 0. The van der Waals surface area contributed by atoms with Gasteiger partial charge in [0.1, 0.15) is 5.76 Å². The topological polar surface area (TPSA) is 71.7 Å². The third kappa shape index (κ3) is 7.07. The van der Waals surface area contributed by atoms with Crippen molar-refractivity contribution in [1.29, 1.82) is 0 Å². The summed E-state index contributed by atoms with van der Waals surface area (Å²) in [4.78, 5) is 4.24. The van der Waals surface area contributed by atoms with Gasteiger partial charge in [-0.05, 0) is 25.7 Å². The van der Waals surface area contributed by atoms with Crippen LogP contribution in [0.15, 0.2) is 9.52 Å². The van der Waals surface area contributed by atoms with Crippen molar-refractivity contribution in [2.24, 2.45) is 10.4 Å². The summed E-state index contributed by atoms with van der Waals surface area (Å²) in [5.41, 5.74) is 2.19. The van der Waals surface area contributed by atoms with Crippen LogP contribution in [0, 0.1) is 19.3 Å². The van der Waals surface area contributed by atoms with Crippen molar-refractivity contribution in [2.75, 3.05) is 27.2 Å². The van der Waals surface area contributed by atoms with E-state index in [0.717, 1.165) is 35.9 Å². The molecular weight excluding hydrogens is 407 g/mol. The number of aromatic nitrogens is 1. The molecule has 0 aliphatic rings. The first-order valence-corrected chi connectivity index (χ1v) is 7.68. The van der Waals surface area contributed by atoms with Crippen molar-refractivity contribution >= 4 is 29.9 Å². The van der Waals surface area contributed by atoms with Gasteiger partial charge in [0.25, 0.3) is 0 Å². The first-order chi connectivity index (χ1) is 10.3. The minimum atomic E-state index is 0. The zero-order valence-electron chi connectivity index (χ0n) is 15.3. The van der Waals surface area contributed by atoms with Crippen LogP contribution in [0.5, 0.6) is 0 Å². The Kier molecular flexibility index (Phi) is 9.76. The van der Waals surface area contributed by atoms with Gasteiger partial charge in [-0.15, -0.1) is 24.0 Å². The molecular formula is C16H31IN4O2. The van der Waals surface area contributed by atoms with Crippen LogP contribution in [0.2, 0.25) is 0 Å². The fraction of sp³-hybridized carbons (Fsp3) is 0.750. The molecule has 0 aliphatic carbocycles. The van der Waals surface area contributed by atoms with Crippen molar-refractivity contribution in [3.05, 3.63) is 17.0 Å². The summed E-state index contributed by atoms with van der Waals surface area (Å²) in [6, 6.07) is 0. The normalized spacial score (nSPS) is 13.4. The summed E-state index contributed by atoms with van der Waals surface area (Å²) in [6.45, 7) is 11.9. The summed E-state index contributed by atoms with van der Waals surface area (Å²) in [6.07, 6.45) is 0.975. The van der Waals surface area contributed by atoms with Crippen molar-refractivity contribution in [2.45, 2.75) is 47.1 Å². The molecule has 0 spiro atoms. The molecule has 1 heterocycles. The van der Waals surface area contributed by atoms with Gasteiger partial charge in [-0.3, -0.25) is 4.99 Å². The maximum absolute atomic E-state index is 5.54. The molecule has 23 heavy (non-hydrogen) atoms. The number of guanidine groups is 1. The van der Waals surface area contributed by atoms with E-state index in [1.54, 1.807) is 14.2 Å². The number of aryl methyl sites for hydroxylation is 2. The third-order valence-electron chi connectivity index (χ3n) is 3.78. The fourth-order valence-electron chi connectivity index (χ4n) is 2.32. The molecule has 0 radical (unpaired) electrons. The number of hydrogen-bond donors (Lipinski definition) is 2. The van der Waals surface area contributed by atoms with E-state index in [9.17, 15) is 0 Å². The number of halogens is 1. The smallest absolute Gasteiger partial charge is 0.191 e. The SMILES string of the molecule is CN=C(NCCc1c(C)noc1C)NCC(OC)C(C)(C)C.I. The zero-order chi connectivity index (χ0) is 16.8. The lowest BCUT2D eigenvalue weighted by molar-refractivity contribution is 0.0205. The van der Waals surface area contributed by atoms with E-state index >= 15 is 0 Å². The van der Waals surface area contributed by atoms with Gasteiger partial charge in [0.2, 0.25) is 0 Å². The van der Waals surface area contributed by atoms with Gasteiger partial charge in [-0.2, -0.15) is 0 Å². The largest absolute Gasteiger partial charge is 0.379 e. The lowest BCUT2D eigenvalue weighted by Gasteiger charge is -2.30. The Hall–Kier alpha value is -0.830. The molecule has 0 saturated carbocycles. The van der Waals surface area contributed by atoms with E-state index in [4.69, 9.17) is 9.26 Å². The Bertz CT molecular complexity index is 475. The first-order valence-electron chi connectivity index (χ1n) is 7.68. The van der Waals surface area contributed by atoms with Gasteiger partial charge in [0.15, 0.2) is 5.96 Å². The van der Waals surface area contributed by atoms with E-state index in [-0.39, 0.29) is 35.5 Å². The highest BCUT2D eigenvalue weighted by Gasteiger charge is 2.24. The number of nitrogens with one attached hydrogen (secondary N) is 2. The maximum atomic E-state index is 5.54. The van der Waals surface area contributed by atoms with E-state index in [0.29, 0.717) is 6.54 Å². The van der Waals surface area contributed by atoms with E-state index in [1.807, 2.05) is 13.8 Å². The van der Waals surface area contributed by atoms with E-state index in [2.05, 4.69) is 41.6 Å². The zero-order valence-corrected chi connectivity index (χ0v) is 17.6. The number of ether oxygens (including phenoxy) is 1. The standard InChI is InChI=1S/C16H30N4O2.HI/c1-11-13(12(2)22-20-11)8-9-18-15(17-6)19-10-14(21-7)16(3,4)5;/h14H,8-10H2,1-7H3,(H2,17,18,19);1H. The Morgan fingerprint density at radius 1 is 1.30 bits per heavy atom. The molecule has 0 aliphatic heterocycles. The van der Waals surface area contributed by atoms with E-state index < -0.39 is 0 Å². The summed E-state index contributed by atoms with van der Waals surface area (Å²) in [7, 11) is 3.51. The molecule has 2 N–H and O–H groups in total. The van der Waals surface area contributed by atoms with Crippen molar-refractivity contribution in [3.8, 4) is 0 Å². The first kappa shape index (κ1) is 22.2. The number of methoxy groups -OCH3 is 1. The van der Waals surface area contributed by atoms with Gasteiger partial charge in [-0.25, -0.2) is 0 Å². The van der Waals surface area contributed by atoms with Gasteiger partial charge in [0.05, 0.1) is 11.8 Å². The molecule has 0 aromatic carbocycles. The highest BCUT2D eigenvalue weighted by atomic mass is 127. The Morgan fingerprint density at radius 2 is 1.96 bits per heavy atom. The average molecular weight is 438 g/mol. The number of rotatable bonds is 6. The number of hydrogen-bond acceptors (Lipinski definition) is 4. The highest BCUT2D eigenvalue weighted by molar-refractivity contribution is 14.0. The van der Waals surface area contributed by atoms with Crippen molar-refractivity contribution in [1.82, 2.24) is 15.8 Å². The molecule has 1 rings (SSSR count). The fourth-order valence-corrected chi connectivity index (χ4v) is 2.32. The highest BCUT2D eigenvalue weighted by Crippen LogP contribution is 2.20. The monoisotopic (exact) mass is 438 g/mol. The van der Waals surface area contributed by atoms with Crippen LogP contribution in [-0.4, -0.2) is 44.5 Å². The Labute approximate surface area is 156 Å². The van der Waals surface area contributed by atoms with Crippen LogP contribution in [0.4, 0.5) is 0 Å². The van der Waals surface area contributed by atoms with Gasteiger partial charge >= 0.3 is 0 Å². The predicted octanol–water partition coefficient (Wildman–Crippen LogP) is 2.68. The second kappa shape index (κ2) is 10.1. The van der Waals surface area contributed by atoms with Crippen LogP contribution in [0.25, 0.3) is 0 Å². The molecule has 1 aromatic heterocycles. The number of nitrogens with zero attached hydrogens (tertiary/aromatic N) is 2. The molecule has 0 bridgehead atoms. The molecule has 1 aromatic rings. The second-order valence-corrected chi connectivity index (χ2v) is 6.52. The number of aliphatic imine (C=N–C) groups is 1. The van der Waals surface area contributed by atoms with Crippen LogP contribution >= 0.6 is 24.0 Å². The predicted molar refractivity (Wildman–Crippen MR) is 105 cm³/mol. The van der Waals surface area contributed by atoms with Gasteiger partial charge < -0.3 is 19.9 Å². The van der Waals surface area contributed by atoms with Crippen LogP contribution < -0.4 is 10.6 Å². The van der Waals surface area contributed by atoms with Crippen molar-refractivity contribution in [3.63, 3.8) is 0 Å². The van der Waals surface area contributed by atoms with Crippen LogP contribution in [0.3, 0.4) is 0 Å². The quantitative estimate of drug-likeness (QED) is 0.406. The Balaban J connectivity index is 0.00000484. The summed E-state index contributed by atoms with van der Waals surface area (Å²) < 4.78 is 10.7. The molecule has 0 saturated heterocycles. The average Bonchev–Trinajstić information content (AvgIpc) is 2.76. The summed E-state index contributed by atoms with van der Waals surface area (Å²) >= 11 is 0. The molecule has 0 amide bonds. The molecule has 0 fully saturated rings. The van der Waals surface area contributed by atoms with E-state index in [1.165, 1.54) is 0 Å². The molecule has 6 nitrogen and oxygen atoms in total. The van der Waals surface area contributed by atoms with Gasteiger partial charge in [0, 0.05) is 32.8 Å². The third-order valence-corrected chi connectivity index (χ3v) is 3.78. The van der Waals surface area contributed by atoms with Crippen molar-refractivity contribution < 1.29 is 9.26 Å². The minimum Gasteiger partial charge on any atom is -0.379 e. The Morgan fingerprint density at radius 3 is 2.39 bits per heavy atom. The molecule has 7 heteroatoms. The molecule has 1 atom stereocenters. The second-order valence-electron chi connectivity index (χ2n) is 6.52. The summed E-state index contributed by atoms with van der Waals surface area (Å²) in [5, 5.41) is 10.6.